The summed E-state index contributed by atoms with van der Waals surface area (Å²) >= 11 is 3.45. The van der Waals surface area contributed by atoms with Crippen LogP contribution < -0.4 is 10.1 Å². The molecule has 2 aromatic carbocycles. The number of hydrogen-bond donors (Lipinski definition) is 1. The van der Waals surface area contributed by atoms with Crippen LogP contribution in [0.1, 0.15) is 24.1 Å². The number of halogens is 2. The zero-order chi connectivity index (χ0) is 15.2. The van der Waals surface area contributed by atoms with E-state index in [4.69, 9.17) is 4.74 Å². The summed E-state index contributed by atoms with van der Waals surface area (Å²) in [5.74, 6) is 0.634. The highest BCUT2D eigenvalue weighted by Gasteiger charge is 2.18. The molecule has 1 unspecified atom stereocenters. The second-order valence-electron chi connectivity index (χ2n) is 4.80. The predicted octanol–water partition coefficient (Wildman–Crippen LogP) is 4.49. The molecule has 2 nitrogen and oxygen atoms in total. The van der Waals surface area contributed by atoms with Crippen LogP contribution in [0, 0.1) is 5.82 Å². The largest absolute Gasteiger partial charge is 0.497 e. The third-order valence-electron chi connectivity index (χ3n) is 3.40. The van der Waals surface area contributed by atoms with Gasteiger partial charge < -0.3 is 10.1 Å². The molecule has 2 aromatic rings. The lowest BCUT2D eigenvalue weighted by Crippen LogP contribution is -2.24. The molecule has 1 N–H and O–H groups in total. The minimum atomic E-state index is -0.191. The van der Waals surface area contributed by atoms with Crippen molar-refractivity contribution in [3.05, 3.63) is 63.9 Å². The summed E-state index contributed by atoms with van der Waals surface area (Å²) < 4.78 is 20.1. The Balaban J connectivity index is 2.26. The van der Waals surface area contributed by atoms with Crippen molar-refractivity contribution in [3.63, 3.8) is 0 Å². The van der Waals surface area contributed by atoms with Crippen molar-refractivity contribution in [2.45, 2.75) is 19.4 Å². The first kappa shape index (κ1) is 16.0. The van der Waals surface area contributed by atoms with Crippen LogP contribution in [0.25, 0.3) is 0 Å². The Morgan fingerprint density at radius 1 is 1.19 bits per heavy atom. The first-order valence-corrected chi connectivity index (χ1v) is 7.75. The van der Waals surface area contributed by atoms with Gasteiger partial charge in [-0.1, -0.05) is 41.1 Å². The molecule has 0 heterocycles. The Morgan fingerprint density at radius 3 is 2.48 bits per heavy atom. The molecule has 0 aliphatic heterocycles. The standard InChI is InChI=1S/C17H19BrFNO/c1-3-20-16(17-14(18)5-4-6-15(17)19)11-12-7-9-13(21-2)10-8-12/h4-10,16,20H,3,11H2,1-2H3. The number of nitrogens with one attached hydrogen (secondary N) is 1. The van der Waals surface area contributed by atoms with E-state index in [-0.39, 0.29) is 11.9 Å². The Bertz CT molecular complexity index is 566. The van der Waals surface area contributed by atoms with Crippen LogP contribution in [0.15, 0.2) is 46.9 Å². The monoisotopic (exact) mass is 351 g/mol. The highest BCUT2D eigenvalue weighted by Crippen LogP contribution is 2.29. The van der Waals surface area contributed by atoms with E-state index in [0.29, 0.717) is 5.56 Å². The van der Waals surface area contributed by atoms with E-state index in [1.165, 1.54) is 6.07 Å². The molecule has 0 aromatic heterocycles. The van der Waals surface area contributed by atoms with Crippen LogP contribution in [0.2, 0.25) is 0 Å². The van der Waals surface area contributed by atoms with Crippen molar-refractivity contribution in [3.8, 4) is 5.75 Å². The minimum Gasteiger partial charge on any atom is -0.497 e. The minimum absolute atomic E-state index is 0.0704. The number of hydrogen-bond acceptors (Lipinski definition) is 2. The lowest BCUT2D eigenvalue weighted by atomic mass is 9.98. The molecular formula is C17H19BrFNO. The number of rotatable bonds is 6. The molecule has 4 heteroatoms. The Hall–Kier alpha value is -1.39. The van der Waals surface area contributed by atoms with E-state index in [1.807, 2.05) is 37.3 Å². The van der Waals surface area contributed by atoms with Crippen molar-refractivity contribution in [1.29, 1.82) is 0 Å². The van der Waals surface area contributed by atoms with Crippen LogP contribution in [0.4, 0.5) is 4.39 Å². The maximum Gasteiger partial charge on any atom is 0.129 e. The number of methoxy groups -OCH3 is 1. The quantitative estimate of drug-likeness (QED) is 0.827. The van der Waals surface area contributed by atoms with Gasteiger partial charge in [-0.25, -0.2) is 4.39 Å². The van der Waals surface area contributed by atoms with Crippen LogP contribution in [0.3, 0.4) is 0 Å². The van der Waals surface area contributed by atoms with Gasteiger partial charge in [0.05, 0.1) is 7.11 Å². The molecule has 112 valence electrons. The molecule has 2 rings (SSSR count). The van der Waals surface area contributed by atoms with E-state index in [9.17, 15) is 4.39 Å². The van der Waals surface area contributed by atoms with Gasteiger partial charge in [0.1, 0.15) is 11.6 Å². The summed E-state index contributed by atoms with van der Waals surface area (Å²) in [5, 5.41) is 3.36. The topological polar surface area (TPSA) is 21.3 Å². The highest BCUT2D eigenvalue weighted by atomic mass is 79.9. The van der Waals surface area contributed by atoms with Crippen LogP contribution >= 0.6 is 15.9 Å². The number of benzene rings is 2. The van der Waals surface area contributed by atoms with Crippen molar-refractivity contribution in [1.82, 2.24) is 5.32 Å². The normalized spacial score (nSPS) is 12.2. The van der Waals surface area contributed by atoms with E-state index < -0.39 is 0 Å². The molecule has 0 bridgehead atoms. The molecule has 0 saturated heterocycles. The molecule has 1 atom stereocenters. The fraction of sp³-hybridized carbons (Fsp3) is 0.294. The molecule has 0 aliphatic rings. The fourth-order valence-corrected chi connectivity index (χ4v) is 2.98. The molecule has 0 radical (unpaired) electrons. The second kappa shape index (κ2) is 7.57. The highest BCUT2D eigenvalue weighted by molar-refractivity contribution is 9.10. The van der Waals surface area contributed by atoms with Crippen molar-refractivity contribution < 1.29 is 9.13 Å². The maximum absolute atomic E-state index is 14.2. The van der Waals surface area contributed by atoms with Gasteiger partial charge in [-0.05, 0) is 42.8 Å². The second-order valence-corrected chi connectivity index (χ2v) is 5.65. The maximum atomic E-state index is 14.2. The van der Waals surface area contributed by atoms with E-state index in [0.717, 1.165) is 28.8 Å². The summed E-state index contributed by atoms with van der Waals surface area (Å²) in [7, 11) is 1.65. The summed E-state index contributed by atoms with van der Waals surface area (Å²) in [4.78, 5) is 0. The van der Waals surface area contributed by atoms with Gasteiger partial charge in [0.2, 0.25) is 0 Å². The molecular weight excluding hydrogens is 333 g/mol. The number of likely N-dealkylation sites (N-methyl/N-ethyl adjacent to an activating group) is 1. The van der Waals surface area contributed by atoms with Crippen molar-refractivity contribution in [2.24, 2.45) is 0 Å². The van der Waals surface area contributed by atoms with Crippen molar-refractivity contribution in [2.75, 3.05) is 13.7 Å². The van der Waals surface area contributed by atoms with E-state index in [2.05, 4.69) is 21.2 Å². The lowest BCUT2D eigenvalue weighted by Gasteiger charge is -2.20. The van der Waals surface area contributed by atoms with Crippen LogP contribution in [-0.4, -0.2) is 13.7 Å². The average molecular weight is 352 g/mol. The summed E-state index contributed by atoms with van der Waals surface area (Å²) in [6.07, 6.45) is 0.720. The first-order valence-electron chi connectivity index (χ1n) is 6.96. The summed E-state index contributed by atoms with van der Waals surface area (Å²) in [5.41, 5.74) is 1.81. The molecule has 0 saturated carbocycles. The SMILES string of the molecule is CCNC(Cc1ccc(OC)cc1)c1c(F)cccc1Br. The van der Waals surface area contributed by atoms with Gasteiger partial charge in [-0.15, -0.1) is 0 Å². The van der Waals surface area contributed by atoms with E-state index in [1.54, 1.807) is 13.2 Å². The molecule has 0 aliphatic carbocycles. The van der Waals surface area contributed by atoms with Gasteiger partial charge in [0.25, 0.3) is 0 Å². The fourth-order valence-electron chi connectivity index (χ4n) is 2.36. The molecule has 21 heavy (non-hydrogen) atoms. The van der Waals surface area contributed by atoms with Gasteiger partial charge in [-0.2, -0.15) is 0 Å². The lowest BCUT2D eigenvalue weighted by molar-refractivity contribution is 0.414. The van der Waals surface area contributed by atoms with E-state index >= 15 is 0 Å². The van der Waals surface area contributed by atoms with Gasteiger partial charge in [-0.3, -0.25) is 0 Å². The zero-order valence-electron chi connectivity index (χ0n) is 12.2. The summed E-state index contributed by atoms with van der Waals surface area (Å²) in [6, 6.07) is 12.9. The van der Waals surface area contributed by atoms with Gasteiger partial charge >= 0.3 is 0 Å². The van der Waals surface area contributed by atoms with Crippen LogP contribution in [0.5, 0.6) is 5.75 Å². The smallest absolute Gasteiger partial charge is 0.129 e. The predicted molar refractivity (Wildman–Crippen MR) is 87.2 cm³/mol. The van der Waals surface area contributed by atoms with Gasteiger partial charge in [0.15, 0.2) is 0 Å². The molecule has 0 fully saturated rings. The van der Waals surface area contributed by atoms with Gasteiger partial charge in [0, 0.05) is 16.1 Å². The Morgan fingerprint density at radius 2 is 1.90 bits per heavy atom. The molecule has 0 amide bonds. The third-order valence-corrected chi connectivity index (χ3v) is 4.09. The zero-order valence-corrected chi connectivity index (χ0v) is 13.8. The van der Waals surface area contributed by atoms with Crippen molar-refractivity contribution >= 4 is 15.9 Å². The first-order chi connectivity index (χ1) is 10.2. The Labute approximate surface area is 133 Å². The number of ether oxygens (including phenoxy) is 1. The Kier molecular flexibility index (Phi) is 5.76. The average Bonchev–Trinajstić information content (AvgIpc) is 2.48. The summed E-state index contributed by atoms with van der Waals surface area (Å²) in [6.45, 7) is 2.80. The molecule has 0 spiro atoms. The third kappa shape index (κ3) is 4.05. The van der Waals surface area contributed by atoms with Crippen LogP contribution in [-0.2, 0) is 6.42 Å².